The van der Waals surface area contributed by atoms with E-state index < -0.39 is 0 Å². The van der Waals surface area contributed by atoms with Crippen LogP contribution < -0.4 is 4.90 Å². The highest BCUT2D eigenvalue weighted by Gasteiger charge is 2.08. The summed E-state index contributed by atoms with van der Waals surface area (Å²) in [7, 11) is 1.96. The number of hydrogen-bond acceptors (Lipinski definition) is 6. The lowest BCUT2D eigenvalue weighted by Crippen LogP contribution is -2.19. The van der Waals surface area contributed by atoms with E-state index in [1.807, 2.05) is 35.5 Å². The van der Waals surface area contributed by atoms with Crippen molar-refractivity contribution in [3.63, 3.8) is 0 Å². The Bertz CT molecular complexity index is 669. The predicted octanol–water partition coefficient (Wildman–Crippen LogP) is 2.63. The van der Waals surface area contributed by atoms with Crippen LogP contribution in [-0.4, -0.2) is 27.0 Å². The van der Waals surface area contributed by atoms with Gasteiger partial charge in [-0.2, -0.15) is 0 Å². The van der Waals surface area contributed by atoms with E-state index in [2.05, 4.69) is 19.9 Å². The Kier molecular flexibility index (Phi) is 3.64. The Morgan fingerprint density at radius 2 is 2.10 bits per heavy atom. The molecule has 3 aromatic rings. The fourth-order valence-electron chi connectivity index (χ4n) is 1.81. The van der Waals surface area contributed by atoms with E-state index >= 15 is 0 Å². The van der Waals surface area contributed by atoms with Gasteiger partial charge in [-0.15, -0.1) is 11.3 Å². The molecule has 0 aliphatic carbocycles. The summed E-state index contributed by atoms with van der Waals surface area (Å²) in [5, 5.41) is 3.01. The molecule has 20 heavy (non-hydrogen) atoms. The average Bonchev–Trinajstić information content (AvgIpc) is 3.01. The van der Waals surface area contributed by atoms with Crippen LogP contribution in [0.2, 0.25) is 0 Å². The van der Waals surface area contributed by atoms with Crippen LogP contribution in [0.1, 0.15) is 5.01 Å². The first-order valence-corrected chi connectivity index (χ1v) is 7.04. The second-order valence-electron chi connectivity index (χ2n) is 4.27. The first-order valence-electron chi connectivity index (χ1n) is 6.16. The lowest BCUT2D eigenvalue weighted by Gasteiger charge is -2.15. The molecule has 0 amide bonds. The van der Waals surface area contributed by atoms with E-state index in [1.54, 1.807) is 36.1 Å². The van der Waals surface area contributed by atoms with E-state index in [4.69, 9.17) is 0 Å². The second kappa shape index (κ2) is 5.75. The first-order chi connectivity index (χ1) is 9.83. The topological polar surface area (TPSA) is 54.8 Å². The summed E-state index contributed by atoms with van der Waals surface area (Å²) in [6, 6.07) is 5.77. The molecular weight excluding hydrogens is 270 g/mol. The molecular formula is C14H13N5S. The van der Waals surface area contributed by atoms with Crippen molar-refractivity contribution in [3.05, 3.63) is 53.4 Å². The largest absolute Gasteiger partial charge is 0.337 e. The normalized spacial score (nSPS) is 10.4. The van der Waals surface area contributed by atoms with E-state index in [-0.39, 0.29) is 0 Å². The zero-order valence-corrected chi connectivity index (χ0v) is 11.8. The molecule has 0 bridgehead atoms. The van der Waals surface area contributed by atoms with Gasteiger partial charge < -0.3 is 4.90 Å². The highest BCUT2D eigenvalue weighted by Crippen LogP contribution is 2.18. The summed E-state index contributed by atoms with van der Waals surface area (Å²) < 4.78 is 0. The molecule has 6 heteroatoms. The quantitative estimate of drug-likeness (QED) is 0.736. The third kappa shape index (κ3) is 2.80. The maximum Gasteiger partial charge on any atom is 0.225 e. The maximum absolute atomic E-state index is 4.58. The second-order valence-corrected chi connectivity index (χ2v) is 5.24. The smallest absolute Gasteiger partial charge is 0.225 e. The molecule has 0 fully saturated rings. The minimum Gasteiger partial charge on any atom is -0.337 e. The van der Waals surface area contributed by atoms with Gasteiger partial charge in [-0.1, -0.05) is 0 Å². The molecule has 0 saturated carbocycles. The third-order valence-corrected chi connectivity index (χ3v) is 3.56. The van der Waals surface area contributed by atoms with Crippen molar-refractivity contribution >= 4 is 17.3 Å². The lowest BCUT2D eigenvalue weighted by atomic mass is 10.2. The Labute approximate surface area is 121 Å². The van der Waals surface area contributed by atoms with Gasteiger partial charge in [-0.05, 0) is 18.2 Å². The van der Waals surface area contributed by atoms with E-state index in [0.29, 0.717) is 12.5 Å². The molecule has 0 aliphatic heterocycles. The Morgan fingerprint density at radius 1 is 1.15 bits per heavy atom. The number of hydrogen-bond donors (Lipinski definition) is 0. The minimum atomic E-state index is 0.682. The number of rotatable bonds is 4. The monoisotopic (exact) mass is 283 g/mol. The number of nitrogens with zero attached hydrogens (tertiary/aromatic N) is 5. The molecule has 3 aromatic heterocycles. The molecule has 0 aliphatic rings. The Morgan fingerprint density at radius 3 is 2.85 bits per heavy atom. The van der Waals surface area contributed by atoms with Gasteiger partial charge in [-0.25, -0.2) is 15.0 Å². The van der Waals surface area contributed by atoms with Crippen LogP contribution in [0.25, 0.3) is 11.3 Å². The van der Waals surface area contributed by atoms with Crippen LogP contribution in [0, 0.1) is 0 Å². The summed E-state index contributed by atoms with van der Waals surface area (Å²) in [6.07, 6.45) is 7.12. The van der Waals surface area contributed by atoms with Gasteiger partial charge in [0, 0.05) is 42.8 Å². The summed E-state index contributed by atoms with van der Waals surface area (Å²) >= 11 is 1.63. The molecule has 3 rings (SSSR count). The Balaban J connectivity index is 1.84. The first kappa shape index (κ1) is 12.7. The zero-order valence-electron chi connectivity index (χ0n) is 11.0. The number of anilines is 1. The molecule has 0 N–H and O–H groups in total. The number of aromatic nitrogens is 4. The molecule has 3 heterocycles. The fourth-order valence-corrected chi connectivity index (χ4v) is 2.48. The zero-order chi connectivity index (χ0) is 13.8. The van der Waals surface area contributed by atoms with Crippen molar-refractivity contribution in [2.75, 3.05) is 11.9 Å². The van der Waals surface area contributed by atoms with Gasteiger partial charge in [0.2, 0.25) is 5.95 Å². The summed E-state index contributed by atoms with van der Waals surface area (Å²) in [5.41, 5.74) is 1.85. The van der Waals surface area contributed by atoms with E-state index in [1.165, 1.54) is 0 Å². The molecule has 100 valence electrons. The van der Waals surface area contributed by atoms with Gasteiger partial charge in [-0.3, -0.25) is 4.98 Å². The molecule has 0 atom stereocenters. The summed E-state index contributed by atoms with van der Waals surface area (Å²) in [4.78, 5) is 19.3. The van der Waals surface area contributed by atoms with Crippen LogP contribution in [0.5, 0.6) is 0 Å². The van der Waals surface area contributed by atoms with E-state index in [9.17, 15) is 0 Å². The minimum absolute atomic E-state index is 0.682. The molecule has 0 spiro atoms. The number of thiazole rings is 1. The van der Waals surface area contributed by atoms with Crippen molar-refractivity contribution < 1.29 is 0 Å². The molecule has 0 saturated heterocycles. The fraction of sp³-hybridized carbons (Fsp3) is 0.143. The Hall–Kier alpha value is -2.34. The van der Waals surface area contributed by atoms with Crippen molar-refractivity contribution in [3.8, 4) is 11.3 Å². The third-order valence-electron chi connectivity index (χ3n) is 2.80. The SMILES string of the molecule is CN(Cc1nccs1)c1nccc(-c2cccnc2)n1. The van der Waals surface area contributed by atoms with Gasteiger partial charge in [0.1, 0.15) is 5.01 Å². The van der Waals surface area contributed by atoms with Crippen molar-refractivity contribution in [2.45, 2.75) is 6.54 Å². The van der Waals surface area contributed by atoms with Crippen LogP contribution in [0.4, 0.5) is 5.95 Å². The lowest BCUT2D eigenvalue weighted by molar-refractivity contribution is 0.860. The van der Waals surface area contributed by atoms with Crippen LogP contribution in [-0.2, 0) is 6.54 Å². The molecule has 0 aromatic carbocycles. The molecule has 0 unspecified atom stereocenters. The van der Waals surface area contributed by atoms with Gasteiger partial charge in [0.05, 0.1) is 12.2 Å². The van der Waals surface area contributed by atoms with Crippen LogP contribution in [0.3, 0.4) is 0 Å². The number of pyridine rings is 1. The summed E-state index contributed by atoms with van der Waals surface area (Å²) in [6.45, 7) is 0.703. The highest BCUT2D eigenvalue weighted by molar-refractivity contribution is 7.09. The standard InChI is InChI=1S/C14H13N5S/c1-19(10-13-16-7-8-20-13)14-17-6-4-12(18-14)11-3-2-5-15-9-11/h2-9H,10H2,1H3. The molecule has 5 nitrogen and oxygen atoms in total. The summed E-state index contributed by atoms with van der Waals surface area (Å²) in [5.74, 6) is 0.682. The van der Waals surface area contributed by atoms with Gasteiger partial charge >= 0.3 is 0 Å². The maximum atomic E-state index is 4.58. The van der Waals surface area contributed by atoms with E-state index in [0.717, 1.165) is 16.3 Å². The van der Waals surface area contributed by atoms with Crippen molar-refractivity contribution in [2.24, 2.45) is 0 Å². The molecule has 0 radical (unpaired) electrons. The highest BCUT2D eigenvalue weighted by atomic mass is 32.1. The van der Waals surface area contributed by atoms with Gasteiger partial charge in [0.15, 0.2) is 0 Å². The van der Waals surface area contributed by atoms with Gasteiger partial charge in [0.25, 0.3) is 0 Å². The van der Waals surface area contributed by atoms with Crippen LogP contribution >= 0.6 is 11.3 Å². The van der Waals surface area contributed by atoms with Crippen molar-refractivity contribution in [1.82, 2.24) is 19.9 Å². The predicted molar refractivity (Wildman–Crippen MR) is 79.5 cm³/mol. The van der Waals surface area contributed by atoms with Crippen molar-refractivity contribution in [1.29, 1.82) is 0 Å². The average molecular weight is 283 g/mol. The van der Waals surface area contributed by atoms with Crippen LogP contribution in [0.15, 0.2) is 48.4 Å².